The summed E-state index contributed by atoms with van der Waals surface area (Å²) >= 11 is 12.0. The third-order valence-electron chi connectivity index (χ3n) is 2.49. The number of halogens is 2. The van der Waals surface area contributed by atoms with Crippen LogP contribution in [0.15, 0.2) is 18.2 Å². The van der Waals surface area contributed by atoms with Crippen LogP contribution >= 0.6 is 23.2 Å². The lowest BCUT2D eigenvalue weighted by molar-refractivity contribution is -0.140. The van der Waals surface area contributed by atoms with E-state index < -0.39 is 12.0 Å². The van der Waals surface area contributed by atoms with Gasteiger partial charge < -0.3 is 5.11 Å². The van der Waals surface area contributed by atoms with Crippen LogP contribution in [0.25, 0.3) is 0 Å². The summed E-state index contributed by atoms with van der Waals surface area (Å²) in [7, 11) is 0. The van der Waals surface area contributed by atoms with Gasteiger partial charge in [-0.25, -0.2) is 0 Å². The summed E-state index contributed by atoms with van der Waals surface area (Å²) in [5, 5.41) is 13.1. The summed E-state index contributed by atoms with van der Waals surface area (Å²) in [4.78, 5) is 11.0. The number of carbonyl (C=O) groups is 1. The first-order chi connectivity index (χ1) is 7.93. The minimum absolute atomic E-state index is 0.00577. The van der Waals surface area contributed by atoms with Crippen LogP contribution in [0.1, 0.15) is 19.4 Å². The number of aliphatic carboxylic acids is 1. The summed E-state index contributed by atoms with van der Waals surface area (Å²) in [6.07, 6.45) is 0. The molecule has 5 heteroatoms. The number of carboxylic acids is 1. The first kappa shape index (κ1) is 14.3. The molecule has 0 aromatic heterocycles. The van der Waals surface area contributed by atoms with Gasteiger partial charge in [-0.2, -0.15) is 0 Å². The Morgan fingerprint density at radius 1 is 1.35 bits per heavy atom. The van der Waals surface area contributed by atoms with Crippen molar-refractivity contribution in [1.29, 1.82) is 0 Å². The van der Waals surface area contributed by atoms with E-state index in [0.29, 0.717) is 16.6 Å². The molecule has 0 heterocycles. The summed E-state index contributed by atoms with van der Waals surface area (Å²) in [5.74, 6) is -0.878. The standard InChI is InChI=1S/C12H15Cl2NO2/c1-7(2)11(12(16)17)15-6-8-9(13)4-3-5-10(8)14/h3-5,7,11,15H,6H2,1-2H3,(H,16,17)/t11-/m1/s1. The summed E-state index contributed by atoms with van der Waals surface area (Å²) in [5.41, 5.74) is 0.725. The largest absolute Gasteiger partial charge is 0.480 e. The Morgan fingerprint density at radius 3 is 2.29 bits per heavy atom. The molecule has 0 radical (unpaired) electrons. The normalized spacial score (nSPS) is 12.8. The summed E-state index contributed by atoms with van der Waals surface area (Å²) in [6, 6.07) is 4.61. The van der Waals surface area contributed by atoms with Crippen LogP contribution in [0.4, 0.5) is 0 Å². The van der Waals surface area contributed by atoms with Crippen molar-refractivity contribution in [2.45, 2.75) is 26.4 Å². The number of hydrogen-bond donors (Lipinski definition) is 2. The number of hydrogen-bond acceptors (Lipinski definition) is 2. The number of carboxylic acid groups (broad SMARTS) is 1. The molecule has 0 saturated heterocycles. The fourth-order valence-corrected chi connectivity index (χ4v) is 2.05. The molecule has 1 rings (SSSR count). The van der Waals surface area contributed by atoms with Gasteiger partial charge in [-0.3, -0.25) is 10.1 Å². The van der Waals surface area contributed by atoms with Gasteiger partial charge in [0.2, 0.25) is 0 Å². The van der Waals surface area contributed by atoms with E-state index in [0.717, 1.165) is 5.56 Å². The van der Waals surface area contributed by atoms with E-state index >= 15 is 0 Å². The van der Waals surface area contributed by atoms with E-state index in [9.17, 15) is 4.79 Å². The van der Waals surface area contributed by atoms with Gasteiger partial charge in [0.1, 0.15) is 6.04 Å². The molecule has 0 saturated carbocycles. The van der Waals surface area contributed by atoms with Crippen LogP contribution in [-0.2, 0) is 11.3 Å². The lowest BCUT2D eigenvalue weighted by Gasteiger charge is -2.18. The highest BCUT2D eigenvalue weighted by atomic mass is 35.5. The molecule has 0 spiro atoms. The van der Waals surface area contributed by atoms with Gasteiger partial charge in [0, 0.05) is 22.2 Å². The van der Waals surface area contributed by atoms with E-state index in [4.69, 9.17) is 28.3 Å². The lowest BCUT2D eigenvalue weighted by Crippen LogP contribution is -2.40. The second-order valence-corrected chi connectivity index (χ2v) is 4.96. The van der Waals surface area contributed by atoms with Crippen molar-refractivity contribution in [3.05, 3.63) is 33.8 Å². The number of nitrogens with one attached hydrogen (secondary N) is 1. The fraction of sp³-hybridized carbons (Fsp3) is 0.417. The van der Waals surface area contributed by atoms with Crippen molar-refractivity contribution < 1.29 is 9.90 Å². The Hall–Kier alpha value is -0.770. The van der Waals surface area contributed by atoms with Crippen LogP contribution in [0.3, 0.4) is 0 Å². The van der Waals surface area contributed by atoms with Gasteiger partial charge in [-0.1, -0.05) is 43.1 Å². The highest BCUT2D eigenvalue weighted by molar-refractivity contribution is 6.35. The quantitative estimate of drug-likeness (QED) is 0.868. The smallest absolute Gasteiger partial charge is 0.320 e. The van der Waals surface area contributed by atoms with Crippen molar-refractivity contribution in [3.63, 3.8) is 0 Å². The Bertz CT molecular complexity index is 387. The number of rotatable bonds is 5. The zero-order valence-corrected chi connectivity index (χ0v) is 11.2. The highest BCUT2D eigenvalue weighted by Gasteiger charge is 2.21. The highest BCUT2D eigenvalue weighted by Crippen LogP contribution is 2.24. The maximum absolute atomic E-state index is 11.0. The van der Waals surface area contributed by atoms with E-state index in [2.05, 4.69) is 5.32 Å². The zero-order chi connectivity index (χ0) is 13.0. The van der Waals surface area contributed by atoms with Gasteiger partial charge in [-0.05, 0) is 18.1 Å². The molecule has 1 aromatic rings. The SMILES string of the molecule is CC(C)[C@@H](NCc1c(Cl)cccc1Cl)C(=O)O. The van der Waals surface area contributed by atoms with Gasteiger partial charge in [0.15, 0.2) is 0 Å². The lowest BCUT2D eigenvalue weighted by atomic mass is 10.0. The Labute approximate surface area is 111 Å². The minimum Gasteiger partial charge on any atom is -0.480 e. The molecule has 0 aliphatic carbocycles. The van der Waals surface area contributed by atoms with E-state index in [1.54, 1.807) is 18.2 Å². The Balaban J connectivity index is 2.75. The first-order valence-electron chi connectivity index (χ1n) is 5.32. The van der Waals surface area contributed by atoms with Crippen LogP contribution in [0.5, 0.6) is 0 Å². The van der Waals surface area contributed by atoms with Gasteiger partial charge >= 0.3 is 5.97 Å². The van der Waals surface area contributed by atoms with Crippen molar-refractivity contribution >= 4 is 29.2 Å². The Kier molecular flexibility index (Phi) is 5.25. The second kappa shape index (κ2) is 6.24. The summed E-state index contributed by atoms with van der Waals surface area (Å²) < 4.78 is 0. The molecular weight excluding hydrogens is 261 g/mol. The average molecular weight is 276 g/mol. The molecule has 0 aliphatic heterocycles. The molecule has 0 aliphatic rings. The maximum atomic E-state index is 11.0. The van der Waals surface area contributed by atoms with Crippen molar-refractivity contribution in [2.24, 2.45) is 5.92 Å². The Morgan fingerprint density at radius 2 is 1.88 bits per heavy atom. The first-order valence-corrected chi connectivity index (χ1v) is 6.08. The maximum Gasteiger partial charge on any atom is 0.320 e. The average Bonchev–Trinajstić information content (AvgIpc) is 2.21. The van der Waals surface area contributed by atoms with Crippen LogP contribution in [0, 0.1) is 5.92 Å². The predicted octanol–water partition coefficient (Wildman–Crippen LogP) is 3.19. The molecule has 3 nitrogen and oxygen atoms in total. The van der Waals surface area contributed by atoms with Gasteiger partial charge in [0.25, 0.3) is 0 Å². The van der Waals surface area contributed by atoms with Gasteiger partial charge in [0.05, 0.1) is 0 Å². The molecule has 0 fully saturated rings. The topological polar surface area (TPSA) is 49.3 Å². The van der Waals surface area contributed by atoms with Crippen molar-refractivity contribution in [1.82, 2.24) is 5.32 Å². The molecule has 94 valence electrons. The molecule has 2 N–H and O–H groups in total. The molecule has 0 amide bonds. The number of benzene rings is 1. The molecule has 1 atom stereocenters. The molecule has 1 aromatic carbocycles. The van der Waals surface area contributed by atoms with Crippen molar-refractivity contribution in [2.75, 3.05) is 0 Å². The van der Waals surface area contributed by atoms with E-state index in [-0.39, 0.29) is 5.92 Å². The third kappa shape index (κ3) is 3.87. The monoisotopic (exact) mass is 275 g/mol. The van der Waals surface area contributed by atoms with Crippen LogP contribution < -0.4 is 5.32 Å². The van der Waals surface area contributed by atoms with Crippen LogP contribution in [-0.4, -0.2) is 17.1 Å². The van der Waals surface area contributed by atoms with E-state index in [1.165, 1.54) is 0 Å². The zero-order valence-electron chi connectivity index (χ0n) is 9.71. The molecular formula is C12H15Cl2NO2. The van der Waals surface area contributed by atoms with E-state index in [1.807, 2.05) is 13.8 Å². The summed E-state index contributed by atoms with van der Waals surface area (Å²) in [6.45, 7) is 4.04. The third-order valence-corrected chi connectivity index (χ3v) is 3.20. The van der Waals surface area contributed by atoms with Gasteiger partial charge in [-0.15, -0.1) is 0 Å². The minimum atomic E-state index is -0.872. The molecule has 17 heavy (non-hydrogen) atoms. The molecule has 0 unspecified atom stereocenters. The van der Waals surface area contributed by atoms with Crippen LogP contribution in [0.2, 0.25) is 10.0 Å². The predicted molar refractivity (Wildman–Crippen MR) is 69.6 cm³/mol. The fourth-order valence-electron chi connectivity index (χ4n) is 1.52. The molecule has 0 bridgehead atoms. The second-order valence-electron chi connectivity index (χ2n) is 4.14. The van der Waals surface area contributed by atoms with Crippen molar-refractivity contribution in [3.8, 4) is 0 Å².